The fourth-order valence-electron chi connectivity index (χ4n) is 3.82. The van der Waals surface area contributed by atoms with Gasteiger partial charge in [0.05, 0.1) is 0 Å². The molecule has 1 aliphatic heterocycles. The molecule has 0 bridgehead atoms. The Morgan fingerprint density at radius 1 is 1.21 bits per heavy atom. The summed E-state index contributed by atoms with van der Waals surface area (Å²) in [7, 11) is 0. The van der Waals surface area contributed by atoms with Crippen molar-refractivity contribution in [2.45, 2.75) is 51.1 Å². The zero-order valence-electron chi connectivity index (χ0n) is 16.6. The third kappa shape index (κ3) is 6.07. The molecular formula is C22H28ClN5O. The summed E-state index contributed by atoms with van der Waals surface area (Å²) in [4.78, 5) is 23.4. The Hall–Kier alpha value is -2.34. The van der Waals surface area contributed by atoms with E-state index in [1.807, 2.05) is 24.3 Å². The van der Waals surface area contributed by atoms with Gasteiger partial charge in [-0.2, -0.15) is 0 Å². The lowest BCUT2D eigenvalue weighted by molar-refractivity contribution is -0.121. The van der Waals surface area contributed by atoms with Gasteiger partial charge >= 0.3 is 0 Å². The van der Waals surface area contributed by atoms with Gasteiger partial charge in [0, 0.05) is 43.2 Å². The minimum Gasteiger partial charge on any atom is -0.367 e. The number of hydrogen-bond acceptors (Lipinski definition) is 5. The maximum Gasteiger partial charge on any atom is 0.220 e. The molecule has 1 aromatic carbocycles. The molecule has 2 aromatic rings. The van der Waals surface area contributed by atoms with E-state index in [4.69, 9.17) is 11.6 Å². The highest BCUT2D eigenvalue weighted by molar-refractivity contribution is 6.30. The molecule has 7 heteroatoms. The number of anilines is 2. The fourth-order valence-corrected chi connectivity index (χ4v) is 4.03. The Labute approximate surface area is 177 Å². The summed E-state index contributed by atoms with van der Waals surface area (Å²) in [5.74, 6) is 2.51. The van der Waals surface area contributed by atoms with Gasteiger partial charge in [-0.25, -0.2) is 9.97 Å². The van der Waals surface area contributed by atoms with E-state index in [2.05, 4.69) is 31.6 Å². The monoisotopic (exact) mass is 413 g/mol. The molecule has 0 radical (unpaired) electrons. The van der Waals surface area contributed by atoms with E-state index in [-0.39, 0.29) is 5.91 Å². The second-order valence-electron chi connectivity index (χ2n) is 8.08. The van der Waals surface area contributed by atoms with Gasteiger partial charge in [0.15, 0.2) is 0 Å². The summed E-state index contributed by atoms with van der Waals surface area (Å²) in [6.07, 6.45) is 7.84. The first kappa shape index (κ1) is 20.0. The lowest BCUT2D eigenvalue weighted by Crippen LogP contribution is -2.36. The number of rotatable bonds is 8. The van der Waals surface area contributed by atoms with Crippen LogP contribution in [0.2, 0.25) is 5.02 Å². The van der Waals surface area contributed by atoms with E-state index in [9.17, 15) is 4.79 Å². The quantitative estimate of drug-likeness (QED) is 0.684. The SMILES string of the molecule is O=C(CC[C@H]1CCCN(c2cc(NC3CC3)ncn2)C1)NCc1cccc(Cl)c1. The average molecular weight is 414 g/mol. The molecule has 29 heavy (non-hydrogen) atoms. The highest BCUT2D eigenvalue weighted by Gasteiger charge is 2.24. The van der Waals surface area contributed by atoms with Crippen LogP contribution in [0.3, 0.4) is 0 Å². The van der Waals surface area contributed by atoms with E-state index in [1.54, 1.807) is 6.33 Å². The first-order valence-corrected chi connectivity index (χ1v) is 10.9. The number of nitrogens with zero attached hydrogens (tertiary/aromatic N) is 3. The van der Waals surface area contributed by atoms with Gasteiger partial charge in [0.25, 0.3) is 0 Å². The third-order valence-electron chi connectivity index (χ3n) is 5.58. The van der Waals surface area contributed by atoms with Gasteiger partial charge in [-0.05, 0) is 55.7 Å². The van der Waals surface area contributed by atoms with Crippen molar-refractivity contribution in [2.75, 3.05) is 23.3 Å². The maximum absolute atomic E-state index is 12.3. The van der Waals surface area contributed by atoms with Crippen LogP contribution < -0.4 is 15.5 Å². The Balaban J connectivity index is 1.24. The van der Waals surface area contributed by atoms with Crippen LogP contribution >= 0.6 is 11.6 Å². The zero-order chi connectivity index (χ0) is 20.1. The van der Waals surface area contributed by atoms with Gasteiger partial charge in [-0.1, -0.05) is 23.7 Å². The van der Waals surface area contributed by atoms with Crippen LogP contribution in [0, 0.1) is 5.92 Å². The van der Waals surface area contributed by atoms with Crippen molar-refractivity contribution in [1.82, 2.24) is 15.3 Å². The van der Waals surface area contributed by atoms with Crippen molar-refractivity contribution in [3.8, 4) is 0 Å². The summed E-state index contributed by atoms with van der Waals surface area (Å²) < 4.78 is 0. The Kier molecular flexibility index (Phi) is 6.49. The molecule has 0 spiro atoms. The summed E-state index contributed by atoms with van der Waals surface area (Å²) in [5.41, 5.74) is 1.02. The molecule has 4 rings (SSSR count). The second kappa shape index (κ2) is 9.44. The molecule has 154 valence electrons. The number of aromatic nitrogens is 2. The van der Waals surface area contributed by atoms with Crippen LogP contribution in [-0.2, 0) is 11.3 Å². The number of carbonyl (C=O) groups excluding carboxylic acids is 1. The van der Waals surface area contributed by atoms with Crippen LogP contribution in [0.1, 0.15) is 44.1 Å². The molecule has 2 heterocycles. The molecule has 1 amide bonds. The largest absolute Gasteiger partial charge is 0.367 e. The summed E-state index contributed by atoms with van der Waals surface area (Å²) >= 11 is 5.99. The Morgan fingerprint density at radius 2 is 2.10 bits per heavy atom. The minimum atomic E-state index is 0.0973. The van der Waals surface area contributed by atoms with Crippen LogP contribution in [0.25, 0.3) is 0 Å². The van der Waals surface area contributed by atoms with Gasteiger partial charge < -0.3 is 15.5 Å². The lowest BCUT2D eigenvalue weighted by atomic mass is 9.93. The van der Waals surface area contributed by atoms with E-state index in [0.29, 0.717) is 29.9 Å². The van der Waals surface area contributed by atoms with Crippen LogP contribution in [-0.4, -0.2) is 35.0 Å². The molecule has 1 saturated heterocycles. The molecule has 6 nitrogen and oxygen atoms in total. The van der Waals surface area contributed by atoms with E-state index < -0.39 is 0 Å². The molecule has 2 N–H and O–H groups in total. The van der Waals surface area contributed by atoms with Gasteiger partial charge in [0.2, 0.25) is 5.91 Å². The molecule has 2 aliphatic rings. The van der Waals surface area contributed by atoms with Crippen LogP contribution in [0.5, 0.6) is 0 Å². The third-order valence-corrected chi connectivity index (χ3v) is 5.82. The topological polar surface area (TPSA) is 70.2 Å². The first-order valence-electron chi connectivity index (χ1n) is 10.5. The standard InChI is InChI=1S/C22H28ClN5O/c23-18-5-1-3-17(11-18)13-24-22(29)9-6-16-4-2-10-28(14-16)21-12-20(25-15-26-21)27-19-7-8-19/h1,3,5,11-12,15-16,19H,2,4,6-10,13-14H2,(H,24,29)(H,25,26,27)/t16-/m1/s1. The Bertz CT molecular complexity index is 841. The molecule has 1 saturated carbocycles. The minimum absolute atomic E-state index is 0.0973. The molecule has 0 unspecified atom stereocenters. The number of piperidine rings is 1. The van der Waals surface area contributed by atoms with Crippen molar-refractivity contribution >= 4 is 29.1 Å². The molecule has 2 fully saturated rings. The Morgan fingerprint density at radius 3 is 2.93 bits per heavy atom. The first-order chi connectivity index (χ1) is 14.2. The number of benzene rings is 1. The molecule has 1 aliphatic carbocycles. The van der Waals surface area contributed by atoms with E-state index in [0.717, 1.165) is 49.6 Å². The second-order valence-corrected chi connectivity index (χ2v) is 8.52. The van der Waals surface area contributed by atoms with Gasteiger partial charge in [-0.3, -0.25) is 4.79 Å². The number of carbonyl (C=O) groups is 1. The van der Waals surface area contributed by atoms with Crippen LogP contribution in [0.4, 0.5) is 11.6 Å². The fraction of sp³-hybridized carbons (Fsp3) is 0.500. The van der Waals surface area contributed by atoms with Crippen molar-refractivity contribution in [3.63, 3.8) is 0 Å². The molecular weight excluding hydrogens is 386 g/mol. The maximum atomic E-state index is 12.3. The average Bonchev–Trinajstić information content (AvgIpc) is 3.55. The van der Waals surface area contributed by atoms with Crippen LogP contribution in [0.15, 0.2) is 36.7 Å². The number of amides is 1. The van der Waals surface area contributed by atoms with Gasteiger partial charge in [-0.15, -0.1) is 0 Å². The number of nitrogens with one attached hydrogen (secondary N) is 2. The van der Waals surface area contributed by atoms with E-state index in [1.165, 1.54) is 12.8 Å². The van der Waals surface area contributed by atoms with Crippen molar-refractivity contribution in [3.05, 3.63) is 47.2 Å². The van der Waals surface area contributed by atoms with Crippen molar-refractivity contribution < 1.29 is 4.79 Å². The highest BCUT2D eigenvalue weighted by atomic mass is 35.5. The number of halogens is 1. The molecule has 1 aromatic heterocycles. The zero-order valence-corrected chi connectivity index (χ0v) is 17.4. The normalized spacial score (nSPS) is 19.1. The highest BCUT2D eigenvalue weighted by Crippen LogP contribution is 2.27. The van der Waals surface area contributed by atoms with E-state index >= 15 is 0 Å². The summed E-state index contributed by atoms with van der Waals surface area (Å²) in [6.45, 7) is 2.48. The lowest BCUT2D eigenvalue weighted by Gasteiger charge is -2.33. The molecule has 1 atom stereocenters. The smallest absolute Gasteiger partial charge is 0.220 e. The summed E-state index contributed by atoms with van der Waals surface area (Å²) in [5, 5.41) is 7.13. The predicted octanol–water partition coefficient (Wildman–Crippen LogP) is 4.02. The summed E-state index contributed by atoms with van der Waals surface area (Å²) in [6, 6.07) is 10.2. The number of hydrogen-bond donors (Lipinski definition) is 2. The van der Waals surface area contributed by atoms with Crippen molar-refractivity contribution in [1.29, 1.82) is 0 Å². The van der Waals surface area contributed by atoms with Crippen molar-refractivity contribution in [2.24, 2.45) is 5.92 Å². The predicted molar refractivity (Wildman–Crippen MR) is 116 cm³/mol. The van der Waals surface area contributed by atoms with Gasteiger partial charge in [0.1, 0.15) is 18.0 Å².